The Morgan fingerprint density at radius 2 is 2.06 bits per heavy atom. The molecule has 98 valence electrons. The fourth-order valence-corrected chi connectivity index (χ4v) is 2.47. The summed E-state index contributed by atoms with van der Waals surface area (Å²) in [4.78, 5) is 22.7. The van der Waals surface area contributed by atoms with Crippen LogP contribution in [0.5, 0.6) is 0 Å². The monoisotopic (exact) mass is 240 g/mol. The Labute approximate surface area is 103 Å². The number of rotatable bonds is 6. The van der Waals surface area contributed by atoms with Gasteiger partial charge in [0.1, 0.15) is 6.29 Å². The first-order valence-corrected chi connectivity index (χ1v) is 6.70. The van der Waals surface area contributed by atoms with E-state index in [2.05, 4.69) is 5.32 Å². The molecule has 0 saturated heterocycles. The molecule has 0 aromatic heterocycles. The van der Waals surface area contributed by atoms with Gasteiger partial charge in [0, 0.05) is 0 Å². The van der Waals surface area contributed by atoms with Gasteiger partial charge in [-0.3, -0.25) is 4.79 Å². The van der Waals surface area contributed by atoms with E-state index in [9.17, 15) is 9.59 Å². The maximum absolute atomic E-state index is 11.9. The molecule has 1 aliphatic rings. The highest BCUT2D eigenvalue weighted by Crippen LogP contribution is 2.25. The van der Waals surface area contributed by atoms with E-state index >= 15 is 0 Å². The molecule has 1 saturated carbocycles. The summed E-state index contributed by atoms with van der Waals surface area (Å²) < 4.78 is 0. The molecule has 2 atom stereocenters. The minimum atomic E-state index is -0.449. The van der Waals surface area contributed by atoms with E-state index in [4.69, 9.17) is 5.73 Å². The maximum Gasteiger partial charge on any atom is 0.237 e. The average Bonchev–Trinajstić information content (AvgIpc) is 2.38. The molecule has 4 nitrogen and oxygen atoms in total. The maximum atomic E-state index is 11.9. The molecule has 1 fully saturated rings. The standard InChI is InChI=1S/C13H24N2O2/c1-2-6-11(9-16)15-13(17)12(14)10-7-4-3-5-8-10/h9-12H,2-8,14H2,1H3,(H,15,17)/t11-,12-/m0/s1. The third kappa shape index (κ3) is 4.46. The number of amides is 1. The summed E-state index contributed by atoms with van der Waals surface area (Å²) in [5.41, 5.74) is 5.96. The minimum absolute atomic E-state index is 0.164. The summed E-state index contributed by atoms with van der Waals surface area (Å²) >= 11 is 0. The van der Waals surface area contributed by atoms with Crippen LogP contribution in [-0.2, 0) is 9.59 Å². The van der Waals surface area contributed by atoms with Crippen molar-refractivity contribution in [3.05, 3.63) is 0 Å². The predicted octanol–water partition coefficient (Wildman–Crippen LogP) is 1.38. The second-order valence-corrected chi connectivity index (χ2v) is 4.96. The molecule has 1 amide bonds. The summed E-state index contributed by atoms with van der Waals surface area (Å²) in [6, 6.07) is -0.822. The lowest BCUT2D eigenvalue weighted by Crippen LogP contribution is -2.49. The highest BCUT2D eigenvalue weighted by molar-refractivity contribution is 5.84. The molecule has 0 aromatic rings. The van der Waals surface area contributed by atoms with E-state index < -0.39 is 6.04 Å². The van der Waals surface area contributed by atoms with Gasteiger partial charge in [-0.1, -0.05) is 32.6 Å². The number of carbonyl (C=O) groups excluding carboxylic acids is 2. The van der Waals surface area contributed by atoms with E-state index in [-0.39, 0.29) is 17.9 Å². The first-order valence-electron chi connectivity index (χ1n) is 6.70. The second kappa shape index (κ2) is 7.43. The first-order chi connectivity index (χ1) is 8.19. The normalized spacial score (nSPS) is 20.6. The Morgan fingerprint density at radius 1 is 1.41 bits per heavy atom. The van der Waals surface area contributed by atoms with Crippen molar-refractivity contribution in [1.82, 2.24) is 5.32 Å². The minimum Gasteiger partial charge on any atom is -0.345 e. The van der Waals surface area contributed by atoms with E-state index in [1.165, 1.54) is 6.42 Å². The van der Waals surface area contributed by atoms with E-state index in [1.54, 1.807) is 0 Å². The first kappa shape index (κ1) is 14.2. The molecule has 1 rings (SSSR count). The highest BCUT2D eigenvalue weighted by atomic mass is 16.2. The Kier molecular flexibility index (Phi) is 6.19. The molecule has 0 aromatic carbocycles. The summed E-state index contributed by atoms with van der Waals surface area (Å²) in [6.45, 7) is 1.99. The summed E-state index contributed by atoms with van der Waals surface area (Å²) in [6.07, 6.45) is 8.01. The zero-order valence-corrected chi connectivity index (χ0v) is 10.7. The van der Waals surface area contributed by atoms with Gasteiger partial charge in [-0.15, -0.1) is 0 Å². The van der Waals surface area contributed by atoms with Gasteiger partial charge in [-0.05, 0) is 25.2 Å². The van der Waals surface area contributed by atoms with Crippen LogP contribution in [-0.4, -0.2) is 24.3 Å². The Balaban J connectivity index is 2.41. The lowest BCUT2D eigenvalue weighted by Gasteiger charge is -2.27. The van der Waals surface area contributed by atoms with E-state index in [0.717, 1.165) is 38.4 Å². The Bertz CT molecular complexity index is 250. The summed E-state index contributed by atoms with van der Waals surface area (Å²) in [7, 11) is 0. The molecule has 0 radical (unpaired) electrons. The third-order valence-corrected chi connectivity index (χ3v) is 3.55. The van der Waals surface area contributed by atoms with E-state index in [1.807, 2.05) is 6.92 Å². The van der Waals surface area contributed by atoms with Crippen molar-refractivity contribution in [2.75, 3.05) is 0 Å². The van der Waals surface area contributed by atoms with Crippen LogP contribution >= 0.6 is 0 Å². The van der Waals surface area contributed by atoms with Crippen molar-refractivity contribution in [3.63, 3.8) is 0 Å². The van der Waals surface area contributed by atoms with Crippen molar-refractivity contribution < 1.29 is 9.59 Å². The van der Waals surface area contributed by atoms with Crippen LogP contribution in [0.25, 0.3) is 0 Å². The molecular formula is C13H24N2O2. The van der Waals surface area contributed by atoms with Crippen LogP contribution < -0.4 is 11.1 Å². The highest BCUT2D eigenvalue weighted by Gasteiger charge is 2.27. The molecule has 0 heterocycles. The Hall–Kier alpha value is -0.900. The molecule has 0 unspecified atom stereocenters. The van der Waals surface area contributed by atoms with E-state index in [0.29, 0.717) is 6.42 Å². The van der Waals surface area contributed by atoms with Gasteiger partial charge in [0.2, 0.25) is 5.91 Å². The molecule has 0 spiro atoms. The van der Waals surface area contributed by atoms with Gasteiger partial charge in [-0.25, -0.2) is 0 Å². The molecule has 0 bridgehead atoms. The van der Waals surface area contributed by atoms with Crippen LogP contribution in [0.1, 0.15) is 51.9 Å². The topological polar surface area (TPSA) is 72.2 Å². The molecular weight excluding hydrogens is 216 g/mol. The summed E-state index contributed by atoms with van der Waals surface area (Å²) in [5.74, 6) is 0.125. The fourth-order valence-electron chi connectivity index (χ4n) is 2.47. The smallest absolute Gasteiger partial charge is 0.237 e. The van der Waals surface area contributed by atoms with Crippen molar-refractivity contribution in [2.24, 2.45) is 11.7 Å². The van der Waals surface area contributed by atoms with Gasteiger partial charge >= 0.3 is 0 Å². The van der Waals surface area contributed by atoms with Crippen LogP contribution in [0.15, 0.2) is 0 Å². The van der Waals surface area contributed by atoms with Gasteiger partial charge < -0.3 is 15.8 Å². The molecule has 3 N–H and O–H groups in total. The fraction of sp³-hybridized carbons (Fsp3) is 0.846. The lowest BCUT2D eigenvalue weighted by molar-refractivity contribution is -0.126. The zero-order valence-electron chi connectivity index (χ0n) is 10.7. The molecule has 0 aliphatic heterocycles. The van der Waals surface area contributed by atoms with Gasteiger partial charge in [-0.2, -0.15) is 0 Å². The van der Waals surface area contributed by atoms with Crippen LogP contribution in [0, 0.1) is 5.92 Å². The number of carbonyl (C=O) groups is 2. The van der Waals surface area contributed by atoms with Crippen LogP contribution in [0.2, 0.25) is 0 Å². The second-order valence-electron chi connectivity index (χ2n) is 4.96. The van der Waals surface area contributed by atoms with Gasteiger partial charge in [0.15, 0.2) is 0 Å². The van der Waals surface area contributed by atoms with Crippen molar-refractivity contribution in [3.8, 4) is 0 Å². The SMILES string of the molecule is CCC[C@@H](C=O)NC(=O)[C@@H](N)C1CCCCC1. The zero-order chi connectivity index (χ0) is 12.7. The van der Waals surface area contributed by atoms with Crippen LogP contribution in [0.4, 0.5) is 0 Å². The Morgan fingerprint density at radius 3 is 2.59 bits per heavy atom. The van der Waals surface area contributed by atoms with Gasteiger partial charge in [0.25, 0.3) is 0 Å². The average molecular weight is 240 g/mol. The molecule has 1 aliphatic carbocycles. The number of nitrogens with two attached hydrogens (primary N) is 1. The van der Waals surface area contributed by atoms with Crippen molar-refractivity contribution >= 4 is 12.2 Å². The van der Waals surface area contributed by atoms with Crippen molar-refractivity contribution in [1.29, 1.82) is 0 Å². The number of nitrogens with one attached hydrogen (secondary N) is 1. The third-order valence-electron chi connectivity index (χ3n) is 3.55. The molecule has 4 heteroatoms. The lowest BCUT2D eigenvalue weighted by atomic mass is 9.84. The number of hydrogen-bond acceptors (Lipinski definition) is 3. The number of aldehydes is 1. The number of hydrogen-bond donors (Lipinski definition) is 2. The molecule has 17 heavy (non-hydrogen) atoms. The quantitative estimate of drug-likeness (QED) is 0.689. The van der Waals surface area contributed by atoms with Crippen molar-refractivity contribution in [2.45, 2.75) is 64.0 Å². The predicted molar refractivity (Wildman–Crippen MR) is 67.5 cm³/mol. The van der Waals surface area contributed by atoms with Gasteiger partial charge in [0.05, 0.1) is 12.1 Å². The largest absolute Gasteiger partial charge is 0.345 e. The van der Waals surface area contributed by atoms with Crippen LogP contribution in [0.3, 0.4) is 0 Å². The summed E-state index contributed by atoms with van der Waals surface area (Å²) in [5, 5.41) is 2.73.